The third-order valence-electron chi connectivity index (χ3n) is 2.34. The second-order valence-corrected chi connectivity index (χ2v) is 7.64. The zero-order chi connectivity index (χ0) is 14.5. The van der Waals surface area contributed by atoms with Crippen molar-refractivity contribution >= 4 is 44.1 Å². The summed E-state index contributed by atoms with van der Waals surface area (Å²) in [6, 6.07) is 5.30. The summed E-state index contributed by atoms with van der Waals surface area (Å²) in [7, 11) is -1.59. The molecule has 0 aromatic heterocycles. The minimum Gasteiger partial charge on any atom is -0.465 e. The zero-order valence-electron chi connectivity index (χ0n) is 10.8. The van der Waals surface area contributed by atoms with Gasteiger partial charge in [-0.3, -0.25) is 0 Å². The number of halogens is 1. The van der Waals surface area contributed by atoms with Crippen molar-refractivity contribution in [3.8, 4) is 0 Å². The van der Waals surface area contributed by atoms with Gasteiger partial charge in [0.1, 0.15) is 9.84 Å². The summed E-state index contributed by atoms with van der Waals surface area (Å²) in [5.74, 6) is -0.244. The van der Waals surface area contributed by atoms with E-state index in [1.54, 1.807) is 12.1 Å². The van der Waals surface area contributed by atoms with Crippen molar-refractivity contribution in [2.75, 3.05) is 31.0 Å². The lowest BCUT2D eigenvalue weighted by Gasteiger charge is -2.08. The van der Waals surface area contributed by atoms with E-state index in [1.807, 2.05) is 6.07 Å². The quantitative estimate of drug-likeness (QED) is 0.451. The fraction of sp³-hybridized carbons (Fsp3) is 0.417. The number of rotatable bonds is 6. The molecule has 0 radical (unpaired) electrons. The lowest BCUT2D eigenvalue weighted by Crippen LogP contribution is -2.10. The van der Waals surface area contributed by atoms with E-state index in [0.717, 1.165) is 9.26 Å². The number of nitrogens with one attached hydrogen (secondary N) is 1. The number of benzene rings is 1. The van der Waals surface area contributed by atoms with Crippen LogP contribution in [0.2, 0.25) is 0 Å². The fourth-order valence-electron chi connectivity index (χ4n) is 1.49. The van der Waals surface area contributed by atoms with Crippen LogP contribution in [0.25, 0.3) is 0 Å². The van der Waals surface area contributed by atoms with Crippen molar-refractivity contribution in [1.29, 1.82) is 0 Å². The Morgan fingerprint density at radius 2 is 2.05 bits per heavy atom. The van der Waals surface area contributed by atoms with Crippen LogP contribution in [0.5, 0.6) is 0 Å². The molecule has 0 atom stereocenters. The number of sulfone groups is 1. The van der Waals surface area contributed by atoms with Crippen LogP contribution in [0.4, 0.5) is 5.69 Å². The summed E-state index contributed by atoms with van der Waals surface area (Å²) >= 11 is 2.11. The second kappa shape index (κ2) is 7.09. The van der Waals surface area contributed by atoms with Gasteiger partial charge in [-0.1, -0.05) is 0 Å². The average Bonchev–Trinajstić information content (AvgIpc) is 2.32. The Kier molecular flexibility index (Phi) is 6.05. The lowest BCUT2D eigenvalue weighted by atomic mass is 10.2. The summed E-state index contributed by atoms with van der Waals surface area (Å²) in [5, 5.41) is 3.10. The third-order valence-corrected chi connectivity index (χ3v) is 3.99. The van der Waals surface area contributed by atoms with Crippen molar-refractivity contribution in [3.05, 3.63) is 27.3 Å². The predicted molar refractivity (Wildman–Crippen MR) is 83.3 cm³/mol. The van der Waals surface area contributed by atoms with Crippen LogP contribution in [0.3, 0.4) is 0 Å². The molecule has 5 nitrogen and oxygen atoms in total. The molecule has 1 rings (SSSR count). The molecule has 0 aliphatic carbocycles. The summed E-state index contributed by atoms with van der Waals surface area (Å²) in [6.07, 6.45) is 1.74. The van der Waals surface area contributed by atoms with E-state index in [-0.39, 0.29) is 5.75 Å². The normalized spacial score (nSPS) is 11.1. The summed E-state index contributed by atoms with van der Waals surface area (Å²) in [4.78, 5) is 11.4. The molecule has 0 saturated carbocycles. The van der Waals surface area contributed by atoms with Gasteiger partial charge in [0.05, 0.1) is 18.4 Å². The summed E-state index contributed by atoms with van der Waals surface area (Å²) in [6.45, 7) is 0.535. The smallest absolute Gasteiger partial charge is 0.337 e. The van der Waals surface area contributed by atoms with Crippen molar-refractivity contribution < 1.29 is 17.9 Å². The number of carbonyl (C=O) groups excluding carboxylic acids is 1. The Morgan fingerprint density at radius 3 is 2.63 bits per heavy atom. The minimum absolute atomic E-state index is 0.147. The molecule has 0 saturated heterocycles. The van der Waals surface area contributed by atoms with Gasteiger partial charge >= 0.3 is 5.97 Å². The van der Waals surface area contributed by atoms with Gasteiger partial charge in [-0.2, -0.15) is 0 Å². The Labute approximate surface area is 126 Å². The van der Waals surface area contributed by atoms with Crippen molar-refractivity contribution in [3.63, 3.8) is 0 Å². The highest BCUT2D eigenvalue weighted by Crippen LogP contribution is 2.17. The number of esters is 1. The zero-order valence-corrected chi connectivity index (χ0v) is 13.7. The van der Waals surface area contributed by atoms with Crippen molar-refractivity contribution in [2.24, 2.45) is 0 Å². The monoisotopic (exact) mass is 397 g/mol. The Morgan fingerprint density at radius 1 is 1.37 bits per heavy atom. The highest BCUT2D eigenvalue weighted by Gasteiger charge is 2.08. The van der Waals surface area contributed by atoms with E-state index in [4.69, 9.17) is 0 Å². The number of anilines is 1. The molecule has 0 fully saturated rings. The average molecular weight is 397 g/mol. The van der Waals surface area contributed by atoms with E-state index in [2.05, 4.69) is 32.6 Å². The molecular weight excluding hydrogens is 381 g/mol. The van der Waals surface area contributed by atoms with E-state index < -0.39 is 15.8 Å². The first-order valence-corrected chi connectivity index (χ1v) is 8.76. The topological polar surface area (TPSA) is 72.5 Å². The van der Waals surface area contributed by atoms with Gasteiger partial charge in [0.15, 0.2) is 0 Å². The summed E-state index contributed by atoms with van der Waals surface area (Å²) in [5.41, 5.74) is 1.25. The van der Waals surface area contributed by atoms with E-state index in [0.29, 0.717) is 18.5 Å². The van der Waals surface area contributed by atoms with Crippen LogP contribution in [-0.2, 0) is 14.6 Å². The van der Waals surface area contributed by atoms with Crippen molar-refractivity contribution in [2.45, 2.75) is 6.42 Å². The maximum absolute atomic E-state index is 11.4. The second-order valence-electron chi connectivity index (χ2n) is 4.13. The molecule has 106 valence electrons. The van der Waals surface area contributed by atoms with Crippen molar-refractivity contribution in [1.82, 2.24) is 0 Å². The van der Waals surface area contributed by atoms with Gasteiger partial charge in [0, 0.05) is 22.1 Å². The van der Waals surface area contributed by atoms with Gasteiger partial charge in [0.2, 0.25) is 0 Å². The molecule has 1 aromatic carbocycles. The fourth-order valence-corrected chi connectivity index (χ4v) is 2.83. The number of ether oxygens (including phenoxy) is 1. The SMILES string of the molecule is COC(=O)c1cc(I)cc(NCCCS(C)(=O)=O)c1. The Balaban J connectivity index is 2.63. The van der Waals surface area contributed by atoms with E-state index in [1.165, 1.54) is 13.4 Å². The molecule has 0 spiro atoms. The lowest BCUT2D eigenvalue weighted by molar-refractivity contribution is 0.0600. The van der Waals surface area contributed by atoms with Crippen LogP contribution in [-0.4, -0.2) is 40.1 Å². The molecule has 0 aliphatic heterocycles. The van der Waals surface area contributed by atoms with E-state index >= 15 is 0 Å². The molecule has 19 heavy (non-hydrogen) atoms. The van der Waals surface area contributed by atoms with Crippen LogP contribution < -0.4 is 5.32 Å². The largest absolute Gasteiger partial charge is 0.465 e. The van der Waals surface area contributed by atoms with Gasteiger partial charge in [0.25, 0.3) is 0 Å². The molecule has 1 aromatic rings. The first kappa shape index (κ1) is 16.2. The number of hydrogen-bond acceptors (Lipinski definition) is 5. The van der Waals surface area contributed by atoms with Gasteiger partial charge in [-0.15, -0.1) is 0 Å². The Bertz CT molecular complexity index is 557. The number of hydrogen-bond donors (Lipinski definition) is 1. The predicted octanol–water partition coefficient (Wildman–Crippen LogP) is 1.92. The molecule has 7 heteroatoms. The van der Waals surface area contributed by atoms with Crippen LogP contribution in [0.15, 0.2) is 18.2 Å². The number of carbonyl (C=O) groups is 1. The minimum atomic E-state index is -2.93. The summed E-state index contributed by atoms with van der Waals surface area (Å²) < 4.78 is 27.6. The Hall–Kier alpha value is -0.830. The van der Waals surface area contributed by atoms with Gasteiger partial charge in [-0.05, 0) is 47.2 Å². The molecule has 0 heterocycles. The van der Waals surface area contributed by atoms with Crippen LogP contribution >= 0.6 is 22.6 Å². The first-order valence-electron chi connectivity index (χ1n) is 5.62. The molecule has 0 bridgehead atoms. The maximum Gasteiger partial charge on any atom is 0.337 e. The highest BCUT2D eigenvalue weighted by molar-refractivity contribution is 14.1. The molecule has 1 N–H and O–H groups in total. The molecular formula is C12H16INO4S. The van der Waals surface area contributed by atoms with Crippen LogP contribution in [0.1, 0.15) is 16.8 Å². The molecule has 0 aliphatic rings. The molecule has 0 amide bonds. The molecule has 0 unspecified atom stereocenters. The van der Waals surface area contributed by atoms with Gasteiger partial charge < -0.3 is 10.1 Å². The van der Waals surface area contributed by atoms with E-state index in [9.17, 15) is 13.2 Å². The third kappa shape index (κ3) is 6.24. The first-order chi connectivity index (χ1) is 8.81. The number of methoxy groups -OCH3 is 1. The maximum atomic E-state index is 11.4. The van der Waals surface area contributed by atoms with Crippen LogP contribution in [0, 0.1) is 3.57 Å². The standard InChI is InChI=1S/C12H16INO4S/c1-18-12(15)9-6-10(13)8-11(7-9)14-4-3-5-19(2,16)17/h6-8,14H,3-5H2,1-2H3. The van der Waals surface area contributed by atoms with Gasteiger partial charge in [-0.25, -0.2) is 13.2 Å². The highest BCUT2D eigenvalue weighted by atomic mass is 127.